The fourth-order valence-corrected chi connectivity index (χ4v) is 4.25. The van der Waals surface area contributed by atoms with E-state index in [9.17, 15) is 8.42 Å². The lowest BCUT2D eigenvalue weighted by Gasteiger charge is -2.08. The summed E-state index contributed by atoms with van der Waals surface area (Å²) in [6, 6.07) is 7.87. The summed E-state index contributed by atoms with van der Waals surface area (Å²) in [4.78, 5) is 5.14. The Morgan fingerprint density at radius 3 is 2.68 bits per heavy atom. The molecule has 1 aromatic carbocycles. The minimum Gasteiger partial charge on any atom is -0.497 e. The maximum atomic E-state index is 12.6. The molecule has 2 heterocycles. The Bertz CT molecular complexity index is 989. The monoisotopic (exact) mass is 377 g/mol. The van der Waals surface area contributed by atoms with Gasteiger partial charge in [0.15, 0.2) is 5.82 Å². The van der Waals surface area contributed by atoms with Gasteiger partial charge in [-0.25, -0.2) is 8.42 Å². The standard InChI is InChI=1S/C16H15N3O4S2/c1-22-11-4-6-12(7-5-11)25(20,21)19-13-8-9-24-14(13)16-17-15(18-23-16)10-2-3-10/h4-10,19H,2-3H2,1H3. The Morgan fingerprint density at radius 1 is 1.24 bits per heavy atom. The highest BCUT2D eigenvalue weighted by atomic mass is 32.2. The van der Waals surface area contributed by atoms with E-state index in [4.69, 9.17) is 9.26 Å². The average Bonchev–Trinajstić information content (AvgIpc) is 3.17. The molecule has 2 aromatic heterocycles. The number of hydrogen-bond donors (Lipinski definition) is 1. The van der Waals surface area contributed by atoms with Gasteiger partial charge in [0, 0.05) is 5.92 Å². The zero-order valence-electron chi connectivity index (χ0n) is 13.3. The zero-order chi connectivity index (χ0) is 17.4. The summed E-state index contributed by atoms with van der Waals surface area (Å²) in [6.45, 7) is 0. The number of hydrogen-bond acceptors (Lipinski definition) is 7. The van der Waals surface area contributed by atoms with Crippen molar-refractivity contribution in [3.05, 3.63) is 41.5 Å². The van der Waals surface area contributed by atoms with Crippen LogP contribution in [0.25, 0.3) is 10.8 Å². The van der Waals surface area contributed by atoms with E-state index in [1.807, 2.05) is 0 Å². The molecule has 7 nitrogen and oxygen atoms in total. The molecule has 9 heteroatoms. The minimum absolute atomic E-state index is 0.148. The van der Waals surface area contributed by atoms with Crippen LogP contribution in [0.5, 0.6) is 5.75 Å². The number of benzene rings is 1. The van der Waals surface area contributed by atoms with Crippen molar-refractivity contribution in [2.75, 3.05) is 11.8 Å². The summed E-state index contributed by atoms with van der Waals surface area (Å²) in [7, 11) is -2.20. The van der Waals surface area contributed by atoms with Crippen LogP contribution in [0, 0.1) is 0 Å². The molecule has 0 unspecified atom stereocenters. The summed E-state index contributed by atoms with van der Waals surface area (Å²) in [6.07, 6.45) is 2.14. The lowest BCUT2D eigenvalue weighted by Crippen LogP contribution is -2.12. The molecular weight excluding hydrogens is 362 g/mol. The summed E-state index contributed by atoms with van der Waals surface area (Å²) in [5.41, 5.74) is 0.423. The molecule has 4 rings (SSSR count). The third-order valence-electron chi connectivity index (χ3n) is 3.86. The Kier molecular flexibility index (Phi) is 3.97. The molecule has 0 amide bonds. The number of thiophene rings is 1. The van der Waals surface area contributed by atoms with Crippen LogP contribution in [0.4, 0.5) is 5.69 Å². The van der Waals surface area contributed by atoms with E-state index in [1.165, 1.54) is 30.6 Å². The molecule has 3 aromatic rings. The van der Waals surface area contributed by atoms with Crippen molar-refractivity contribution in [2.24, 2.45) is 0 Å². The largest absolute Gasteiger partial charge is 0.497 e. The highest BCUT2D eigenvalue weighted by Gasteiger charge is 2.30. The van der Waals surface area contributed by atoms with E-state index in [1.54, 1.807) is 23.6 Å². The second-order valence-electron chi connectivity index (χ2n) is 5.68. The first kappa shape index (κ1) is 16.1. The molecule has 0 aliphatic heterocycles. The van der Waals surface area contributed by atoms with Crippen LogP contribution in [0.2, 0.25) is 0 Å². The van der Waals surface area contributed by atoms with Crippen LogP contribution in [-0.2, 0) is 10.0 Å². The second-order valence-corrected chi connectivity index (χ2v) is 8.27. The Balaban J connectivity index is 1.60. The molecule has 0 radical (unpaired) electrons. The van der Waals surface area contributed by atoms with Crippen molar-refractivity contribution >= 4 is 27.0 Å². The molecule has 1 fully saturated rings. The van der Waals surface area contributed by atoms with Crippen LogP contribution in [0.1, 0.15) is 24.6 Å². The zero-order valence-corrected chi connectivity index (χ0v) is 14.9. The highest BCUT2D eigenvalue weighted by Crippen LogP contribution is 2.40. The predicted octanol–water partition coefficient (Wildman–Crippen LogP) is 3.48. The lowest BCUT2D eigenvalue weighted by molar-refractivity contribution is 0.414. The Morgan fingerprint density at radius 2 is 2.00 bits per heavy atom. The maximum Gasteiger partial charge on any atom is 0.270 e. The van der Waals surface area contributed by atoms with E-state index in [0.29, 0.717) is 33.9 Å². The van der Waals surface area contributed by atoms with Crippen molar-refractivity contribution in [1.29, 1.82) is 0 Å². The van der Waals surface area contributed by atoms with Gasteiger partial charge < -0.3 is 9.26 Å². The molecule has 1 saturated carbocycles. The number of anilines is 1. The third kappa shape index (κ3) is 3.24. The van der Waals surface area contributed by atoms with E-state index >= 15 is 0 Å². The first-order valence-corrected chi connectivity index (χ1v) is 10.0. The van der Waals surface area contributed by atoms with Gasteiger partial charge >= 0.3 is 0 Å². The first-order valence-electron chi connectivity index (χ1n) is 7.65. The van der Waals surface area contributed by atoms with E-state index in [0.717, 1.165) is 12.8 Å². The van der Waals surface area contributed by atoms with E-state index < -0.39 is 10.0 Å². The van der Waals surface area contributed by atoms with Gasteiger partial charge in [0.2, 0.25) is 0 Å². The van der Waals surface area contributed by atoms with Gasteiger partial charge in [-0.15, -0.1) is 11.3 Å². The van der Waals surface area contributed by atoms with Gasteiger partial charge in [-0.2, -0.15) is 4.98 Å². The van der Waals surface area contributed by atoms with Crippen LogP contribution >= 0.6 is 11.3 Å². The molecule has 0 bridgehead atoms. The van der Waals surface area contributed by atoms with Crippen molar-refractivity contribution in [3.63, 3.8) is 0 Å². The normalized spacial score (nSPS) is 14.4. The molecular formula is C16H15N3O4S2. The van der Waals surface area contributed by atoms with Crippen LogP contribution < -0.4 is 9.46 Å². The van der Waals surface area contributed by atoms with E-state index in [-0.39, 0.29) is 4.90 Å². The van der Waals surface area contributed by atoms with Crippen molar-refractivity contribution < 1.29 is 17.7 Å². The van der Waals surface area contributed by atoms with E-state index in [2.05, 4.69) is 14.9 Å². The number of aromatic nitrogens is 2. The SMILES string of the molecule is COc1ccc(S(=O)(=O)Nc2ccsc2-c2nc(C3CC3)no2)cc1. The molecule has 0 spiro atoms. The fourth-order valence-electron chi connectivity index (χ4n) is 2.35. The Labute approximate surface area is 148 Å². The van der Waals surface area contributed by atoms with Crippen LogP contribution in [0.3, 0.4) is 0 Å². The van der Waals surface area contributed by atoms with Gasteiger partial charge in [0.25, 0.3) is 15.9 Å². The maximum absolute atomic E-state index is 12.6. The lowest BCUT2D eigenvalue weighted by atomic mass is 10.3. The Hall–Kier alpha value is -2.39. The number of rotatable bonds is 6. The number of nitrogens with zero attached hydrogens (tertiary/aromatic N) is 2. The first-order chi connectivity index (χ1) is 12.1. The third-order valence-corrected chi connectivity index (χ3v) is 6.14. The molecule has 1 aliphatic rings. The topological polar surface area (TPSA) is 94.3 Å². The molecule has 0 atom stereocenters. The molecule has 130 valence electrons. The quantitative estimate of drug-likeness (QED) is 0.707. The molecule has 1 aliphatic carbocycles. The second kappa shape index (κ2) is 6.16. The van der Waals surface area contributed by atoms with Crippen molar-refractivity contribution in [3.8, 4) is 16.5 Å². The summed E-state index contributed by atoms with van der Waals surface area (Å²) in [5.74, 6) is 1.99. The van der Waals surface area contributed by atoms with Gasteiger partial charge in [0.1, 0.15) is 10.6 Å². The van der Waals surface area contributed by atoms with Crippen LogP contribution in [-0.4, -0.2) is 25.7 Å². The molecule has 0 saturated heterocycles. The number of methoxy groups -OCH3 is 1. The molecule has 25 heavy (non-hydrogen) atoms. The van der Waals surface area contributed by atoms with Gasteiger partial charge in [-0.1, -0.05) is 5.16 Å². The molecule has 1 N–H and O–H groups in total. The average molecular weight is 377 g/mol. The summed E-state index contributed by atoms with van der Waals surface area (Å²) < 4.78 is 38.1. The van der Waals surface area contributed by atoms with Crippen molar-refractivity contribution in [1.82, 2.24) is 10.1 Å². The summed E-state index contributed by atoms with van der Waals surface area (Å²) >= 11 is 1.35. The fraction of sp³-hybridized carbons (Fsp3) is 0.250. The summed E-state index contributed by atoms with van der Waals surface area (Å²) in [5, 5.41) is 5.76. The van der Waals surface area contributed by atoms with Gasteiger partial charge in [-0.3, -0.25) is 4.72 Å². The van der Waals surface area contributed by atoms with Crippen LogP contribution in [0.15, 0.2) is 45.1 Å². The predicted molar refractivity (Wildman–Crippen MR) is 93.4 cm³/mol. The number of nitrogens with one attached hydrogen (secondary N) is 1. The number of ether oxygens (including phenoxy) is 1. The van der Waals surface area contributed by atoms with Gasteiger partial charge in [-0.05, 0) is 48.6 Å². The van der Waals surface area contributed by atoms with Crippen molar-refractivity contribution in [2.45, 2.75) is 23.7 Å². The number of sulfonamides is 1. The van der Waals surface area contributed by atoms with Gasteiger partial charge in [0.05, 0.1) is 17.7 Å². The minimum atomic E-state index is -3.72. The highest BCUT2D eigenvalue weighted by molar-refractivity contribution is 7.92. The smallest absolute Gasteiger partial charge is 0.270 e.